The van der Waals surface area contributed by atoms with Crippen LogP contribution < -0.4 is 5.32 Å². The van der Waals surface area contributed by atoms with E-state index in [1.54, 1.807) is 0 Å². The van der Waals surface area contributed by atoms with Gasteiger partial charge in [0, 0.05) is 5.69 Å². The SMILES string of the molecule is Cc1cccc(NC(C#N)C(C)C)c1C. The van der Waals surface area contributed by atoms with Crippen molar-refractivity contribution in [3.05, 3.63) is 29.3 Å². The van der Waals surface area contributed by atoms with Gasteiger partial charge in [0.15, 0.2) is 0 Å². The first-order chi connectivity index (χ1) is 7.06. The molecule has 0 saturated carbocycles. The van der Waals surface area contributed by atoms with E-state index in [9.17, 15) is 0 Å². The molecule has 1 unspecified atom stereocenters. The molecular formula is C13H18N2. The van der Waals surface area contributed by atoms with Crippen molar-refractivity contribution in [1.29, 1.82) is 5.26 Å². The Morgan fingerprint density at radius 3 is 2.47 bits per heavy atom. The summed E-state index contributed by atoms with van der Waals surface area (Å²) < 4.78 is 0. The molecule has 0 bridgehead atoms. The summed E-state index contributed by atoms with van der Waals surface area (Å²) in [7, 11) is 0. The van der Waals surface area contributed by atoms with Crippen LogP contribution in [0.15, 0.2) is 18.2 Å². The summed E-state index contributed by atoms with van der Waals surface area (Å²) in [5.41, 5.74) is 3.54. The maximum atomic E-state index is 9.01. The Balaban J connectivity index is 2.90. The highest BCUT2D eigenvalue weighted by Gasteiger charge is 2.12. The van der Waals surface area contributed by atoms with E-state index in [2.05, 4.69) is 31.3 Å². The quantitative estimate of drug-likeness (QED) is 0.816. The van der Waals surface area contributed by atoms with Crippen LogP contribution in [0.5, 0.6) is 0 Å². The topological polar surface area (TPSA) is 35.8 Å². The van der Waals surface area contributed by atoms with Crippen LogP contribution in [0, 0.1) is 31.1 Å². The maximum Gasteiger partial charge on any atom is 0.116 e. The Labute approximate surface area is 91.9 Å². The van der Waals surface area contributed by atoms with Crippen molar-refractivity contribution in [2.24, 2.45) is 5.92 Å². The van der Waals surface area contributed by atoms with Gasteiger partial charge in [0.25, 0.3) is 0 Å². The molecule has 1 aromatic rings. The molecule has 0 aliphatic rings. The minimum absolute atomic E-state index is 0.120. The Morgan fingerprint density at radius 2 is 1.93 bits per heavy atom. The van der Waals surface area contributed by atoms with Crippen molar-refractivity contribution >= 4 is 5.69 Å². The van der Waals surface area contributed by atoms with E-state index < -0.39 is 0 Å². The summed E-state index contributed by atoms with van der Waals surface area (Å²) >= 11 is 0. The van der Waals surface area contributed by atoms with E-state index in [4.69, 9.17) is 5.26 Å². The second-order valence-electron chi connectivity index (χ2n) is 4.24. The van der Waals surface area contributed by atoms with Crippen LogP contribution in [0.1, 0.15) is 25.0 Å². The molecule has 0 aliphatic carbocycles. The molecule has 0 radical (unpaired) electrons. The molecule has 15 heavy (non-hydrogen) atoms. The van der Waals surface area contributed by atoms with E-state index >= 15 is 0 Å². The van der Waals surface area contributed by atoms with Gasteiger partial charge in [-0.25, -0.2) is 0 Å². The standard InChI is InChI=1S/C13H18N2/c1-9(2)13(8-14)15-12-7-5-6-10(3)11(12)4/h5-7,9,13,15H,1-4H3. The third-order valence-corrected chi connectivity index (χ3v) is 2.72. The van der Waals surface area contributed by atoms with E-state index in [1.165, 1.54) is 11.1 Å². The van der Waals surface area contributed by atoms with Crippen molar-refractivity contribution in [2.75, 3.05) is 5.32 Å². The first-order valence-corrected chi connectivity index (χ1v) is 5.28. The van der Waals surface area contributed by atoms with Gasteiger partial charge in [-0.3, -0.25) is 0 Å². The summed E-state index contributed by atoms with van der Waals surface area (Å²) in [6.07, 6.45) is 0. The van der Waals surface area contributed by atoms with Crippen molar-refractivity contribution in [3.63, 3.8) is 0 Å². The molecule has 0 amide bonds. The number of nitriles is 1. The Bertz CT molecular complexity index is 375. The minimum Gasteiger partial charge on any atom is -0.369 e. The third-order valence-electron chi connectivity index (χ3n) is 2.72. The normalized spacial score (nSPS) is 12.3. The number of aryl methyl sites for hydroxylation is 1. The first-order valence-electron chi connectivity index (χ1n) is 5.28. The summed E-state index contributed by atoms with van der Waals surface area (Å²) in [6, 6.07) is 8.28. The number of benzene rings is 1. The zero-order chi connectivity index (χ0) is 11.4. The van der Waals surface area contributed by atoms with Gasteiger partial charge in [-0.2, -0.15) is 5.26 Å². The lowest BCUT2D eigenvalue weighted by Gasteiger charge is -2.18. The molecule has 2 heteroatoms. The fourth-order valence-corrected chi connectivity index (χ4v) is 1.42. The molecule has 0 saturated heterocycles. The fraction of sp³-hybridized carbons (Fsp3) is 0.462. The van der Waals surface area contributed by atoms with Gasteiger partial charge in [0.1, 0.15) is 6.04 Å². The summed E-state index contributed by atoms with van der Waals surface area (Å²) in [6.45, 7) is 8.25. The molecule has 0 heterocycles. The zero-order valence-corrected chi connectivity index (χ0v) is 9.83. The zero-order valence-electron chi connectivity index (χ0n) is 9.83. The number of nitrogens with zero attached hydrogens (tertiary/aromatic N) is 1. The predicted octanol–water partition coefficient (Wildman–Crippen LogP) is 3.26. The van der Waals surface area contributed by atoms with Crippen LogP contribution in [0.25, 0.3) is 0 Å². The second kappa shape index (κ2) is 4.84. The van der Waals surface area contributed by atoms with E-state index in [-0.39, 0.29) is 6.04 Å². The Hall–Kier alpha value is -1.49. The van der Waals surface area contributed by atoms with Gasteiger partial charge >= 0.3 is 0 Å². The highest BCUT2D eigenvalue weighted by molar-refractivity contribution is 5.55. The molecule has 1 rings (SSSR count). The maximum absolute atomic E-state index is 9.01. The Kier molecular flexibility index (Phi) is 3.74. The highest BCUT2D eigenvalue weighted by Crippen LogP contribution is 2.20. The molecule has 1 N–H and O–H groups in total. The number of hydrogen-bond acceptors (Lipinski definition) is 2. The third kappa shape index (κ3) is 2.73. The number of rotatable bonds is 3. The molecule has 1 aromatic carbocycles. The highest BCUT2D eigenvalue weighted by atomic mass is 14.9. The molecule has 80 valence electrons. The van der Waals surface area contributed by atoms with Crippen LogP contribution >= 0.6 is 0 Å². The average Bonchev–Trinajstić information content (AvgIpc) is 2.19. The summed E-state index contributed by atoms with van der Waals surface area (Å²) in [4.78, 5) is 0. The molecule has 2 nitrogen and oxygen atoms in total. The molecular weight excluding hydrogens is 184 g/mol. The van der Waals surface area contributed by atoms with E-state index in [0.29, 0.717) is 5.92 Å². The van der Waals surface area contributed by atoms with Crippen molar-refractivity contribution < 1.29 is 0 Å². The molecule has 1 atom stereocenters. The lowest BCUT2D eigenvalue weighted by atomic mass is 10.0. The summed E-state index contributed by atoms with van der Waals surface area (Å²) in [5.74, 6) is 0.315. The smallest absolute Gasteiger partial charge is 0.116 e. The largest absolute Gasteiger partial charge is 0.369 e. The Morgan fingerprint density at radius 1 is 1.27 bits per heavy atom. The van der Waals surface area contributed by atoms with Crippen LogP contribution in [0.2, 0.25) is 0 Å². The fourth-order valence-electron chi connectivity index (χ4n) is 1.42. The molecule has 0 aromatic heterocycles. The predicted molar refractivity (Wildman–Crippen MR) is 63.8 cm³/mol. The van der Waals surface area contributed by atoms with Gasteiger partial charge < -0.3 is 5.32 Å². The van der Waals surface area contributed by atoms with Gasteiger partial charge in [-0.15, -0.1) is 0 Å². The molecule has 0 fully saturated rings. The average molecular weight is 202 g/mol. The van der Waals surface area contributed by atoms with E-state index in [0.717, 1.165) is 5.69 Å². The molecule has 0 spiro atoms. The minimum atomic E-state index is -0.120. The van der Waals surface area contributed by atoms with Gasteiger partial charge in [-0.05, 0) is 37.0 Å². The van der Waals surface area contributed by atoms with Crippen molar-refractivity contribution in [3.8, 4) is 6.07 Å². The number of anilines is 1. The van der Waals surface area contributed by atoms with Crippen LogP contribution in [0.3, 0.4) is 0 Å². The van der Waals surface area contributed by atoms with Crippen LogP contribution in [0.4, 0.5) is 5.69 Å². The summed E-state index contributed by atoms with van der Waals surface area (Å²) in [5, 5.41) is 12.3. The lowest BCUT2D eigenvalue weighted by molar-refractivity contribution is 0.609. The molecule has 0 aliphatic heterocycles. The van der Waals surface area contributed by atoms with Crippen molar-refractivity contribution in [1.82, 2.24) is 0 Å². The lowest BCUT2D eigenvalue weighted by Crippen LogP contribution is -2.24. The van der Waals surface area contributed by atoms with Crippen LogP contribution in [-0.2, 0) is 0 Å². The van der Waals surface area contributed by atoms with E-state index in [1.807, 2.05) is 26.0 Å². The number of hydrogen-bond donors (Lipinski definition) is 1. The van der Waals surface area contributed by atoms with Crippen molar-refractivity contribution in [2.45, 2.75) is 33.7 Å². The first kappa shape index (κ1) is 11.6. The second-order valence-corrected chi connectivity index (χ2v) is 4.24. The van der Waals surface area contributed by atoms with Gasteiger partial charge in [0.05, 0.1) is 6.07 Å². The number of nitrogens with one attached hydrogen (secondary N) is 1. The van der Waals surface area contributed by atoms with Crippen LogP contribution in [-0.4, -0.2) is 6.04 Å². The van der Waals surface area contributed by atoms with Gasteiger partial charge in [-0.1, -0.05) is 26.0 Å². The van der Waals surface area contributed by atoms with Gasteiger partial charge in [0.2, 0.25) is 0 Å². The monoisotopic (exact) mass is 202 g/mol.